The molecule has 0 aromatic heterocycles. The zero-order valence-electron chi connectivity index (χ0n) is 13.0. The summed E-state index contributed by atoms with van der Waals surface area (Å²) in [7, 11) is -3.50. The Hall–Kier alpha value is -0.910. The summed E-state index contributed by atoms with van der Waals surface area (Å²) in [6, 6.07) is 0. The first-order chi connectivity index (χ1) is 9.24. The number of aliphatic hydroxyl groups excluding tert-OH is 1. The molecule has 0 bridgehead atoms. The minimum atomic E-state index is -3.50. The van der Waals surface area contributed by atoms with E-state index in [1.54, 1.807) is 0 Å². The zero-order chi connectivity index (χ0) is 15.5. The van der Waals surface area contributed by atoms with E-state index in [2.05, 4.69) is 4.72 Å². The van der Waals surface area contributed by atoms with Crippen LogP contribution in [0.1, 0.15) is 40.7 Å². The Kier molecular flexibility index (Phi) is 5.74. The van der Waals surface area contributed by atoms with Crippen LogP contribution in [0, 0.1) is 34.6 Å². The van der Waals surface area contributed by atoms with Crippen LogP contribution in [0.15, 0.2) is 4.90 Å². The van der Waals surface area contributed by atoms with Crippen molar-refractivity contribution in [3.63, 3.8) is 0 Å². The maximum Gasteiger partial charge on any atom is 0.241 e. The molecule has 0 saturated carbocycles. The molecule has 0 aliphatic carbocycles. The zero-order valence-corrected chi connectivity index (χ0v) is 13.8. The van der Waals surface area contributed by atoms with Crippen LogP contribution in [-0.2, 0) is 10.0 Å². The van der Waals surface area contributed by atoms with E-state index < -0.39 is 10.0 Å². The number of unbranched alkanes of at least 4 members (excludes halogenated alkanes) is 1. The molecule has 0 amide bonds. The van der Waals surface area contributed by atoms with Crippen LogP contribution in [0.4, 0.5) is 0 Å². The van der Waals surface area contributed by atoms with Crippen molar-refractivity contribution >= 4 is 10.0 Å². The number of nitrogens with one attached hydrogen (secondary N) is 1. The number of benzene rings is 1. The van der Waals surface area contributed by atoms with Crippen molar-refractivity contribution in [2.45, 2.75) is 52.4 Å². The third-order valence-electron chi connectivity index (χ3n) is 4.08. The van der Waals surface area contributed by atoms with Gasteiger partial charge in [-0.15, -0.1) is 0 Å². The molecule has 114 valence electrons. The van der Waals surface area contributed by atoms with Crippen molar-refractivity contribution < 1.29 is 13.5 Å². The van der Waals surface area contributed by atoms with Gasteiger partial charge in [0.1, 0.15) is 0 Å². The molecule has 1 rings (SSSR count). The van der Waals surface area contributed by atoms with Gasteiger partial charge >= 0.3 is 0 Å². The summed E-state index contributed by atoms with van der Waals surface area (Å²) >= 11 is 0. The van der Waals surface area contributed by atoms with E-state index in [1.807, 2.05) is 34.6 Å². The average Bonchev–Trinajstić information content (AvgIpc) is 2.39. The third kappa shape index (κ3) is 3.40. The minimum Gasteiger partial charge on any atom is -0.396 e. The van der Waals surface area contributed by atoms with Gasteiger partial charge in [-0.1, -0.05) is 0 Å². The van der Waals surface area contributed by atoms with E-state index in [-0.39, 0.29) is 6.61 Å². The van der Waals surface area contributed by atoms with Crippen molar-refractivity contribution in [2.75, 3.05) is 13.2 Å². The summed E-state index contributed by atoms with van der Waals surface area (Å²) in [6.07, 6.45) is 1.24. The standard InChI is InChI=1S/C15H25NO3S/c1-10-11(2)13(4)15(14(5)12(10)3)20(18,19)16-8-6-7-9-17/h16-17H,6-9H2,1-5H3. The second-order valence-corrected chi connectivity index (χ2v) is 6.99. The molecule has 0 radical (unpaired) electrons. The molecule has 0 saturated heterocycles. The highest BCUT2D eigenvalue weighted by molar-refractivity contribution is 7.89. The molecular formula is C15H25NO3S. The number of rotatable bonds is 6. The summed E-state index contributed by atoms with van der Waals surface area (Å²) in [5.41, 5.74) is 4.85. The fourth-order valence-corrected chi connectivity index (χ4v) is 4.05. The van der Waals surface area contributed by atoms with Crippen molar-refractivity contribution in [1.82, 2.24) is 4.72 Å². The molecular weight excluding hydrogens is 274 g/mol. The molecule has 0 fully saturated rings. The van der Waals surface area contributed by atoms with Gasteiger partial charge in [0.25, 0.3) is 0 Å². The number of hydrogen-bond acceptors (Lipinski definition) is 3. The van der Waals surface area contributed by atoms with Gasteiger partial charge in [0.05, 0.1) is 4.90 Å². The normalized spacial score (nSPS) is 11.9. The molecule has 4 nitrogen and oxygen atoms in total. The summed E-state index contributed by atoms with van der Waals surface area (Å²) in [5.74, 6) is 0. The second-order valence-electron chi connectivity index (χ2n) is 5.28. The molecule has 0 aliphatic heterocycles. The van der Waals surface area contributed by atoms with E-state index in [9.17, 15) is 8.42 Å². The SMILES string of the molecule is Cc1c(C)c(C)c(S(=O)(=O)NCCCCO)c(C)c1C. The van der Waals surface area contributed by atoms with Crippen LogP contribution in [0.2, 0.25) is 0 Å². The molecule has 0 spiro atoms. The van der Waals surface area contributed by atoms with Gasteiger partial charge in [0.2, 0.25) is 10.0 Å². The highest BCUT2D eigenvalue weighted by Gasteiger charge is 2.22. The number of hydrogen-bond donors (Lipinski definition) is 2. The van der Waals surface area contributed by atoms with E-state index in [1.165, 1.54) is 0 Å². The van der Waals surface area contributed by atoms with Crippen molar-refractivity contribution in [3.05, 3.63) is 27.8 Å². The Balaban J connectivity index is 3.19. The second kappa shape index (κ2) is 6.70. The smallest absolute Gasteiger partial charge is 0.241 e. The fraction of sp³-hybridized carbons (Fsp3) is 0.600. The Morgan fingerprint density at radius 3 is 1.75 bits per heavy atom. The molecule has 0 unspecified atom stereocenters. The predicted octanol–water partition coefficient (Wildman–Crippen LogP) is 2.28. The van der Waals surface area contributed by atoms with E-state index in [0.29, 0.717) is 24.3 Å². The highest BCUT2D eigenvalue weighted by atomic mass is 32.2. The van der Waals surface area contributed by atoms with Crippen LogP contribution >= 0.6 is 0 Å². The van der Waals surface area contributed by atoms with Gasteiger partial charge in [0.15, 0.2) is 0 Å². The van der Waals surface area contributed by atoms with Crippen LogP contribution in [0.3, 0.4) is 0 Å². The maximum absolute atomic E-state index is 12.5. The van der Waals surface area contributed by atoms with Crippen molar-refractivity contribution in [1.29, 1.82) is 0 Å². The average molecular weight is 299 g/mol. The molecule has 0 heterocycles. The molecule has 1 aromatic carbocycles. The molecule has 2 N–H and O–H groups in total. The molecule has 1 aromatic rings. The largest absolute Gasteiger partial charge is 0.396 e. The minimum absolute atomic E-state index is 0.0858. The summed E-state index contributed by atoms with van der Waals surface area (Å²) < 4.78 is 27.6. The van der Waals surface area contributed by atoms with Gasteiger partial charge < -0.3 is 5.11 Å². The topological polar surface area (TPSA) is 66.4 Å². The molecule has 0 atom stereocenters. The first-order valence-electron chi connectivity index (χ1n) is 6.91. The highest BCUT2D eigenvalue weighted by Crippen LogP contribution is 2.29. The summed E-state index contributed by atoms with van der Waals surface area (Å²) in [5, 5.41) is 8.73. The lowest BCUT2D eigenvalue weighted by atomic mass is 9.95. The fourth-order valence-electron chi connectivity index (χ4n) is 2.38. The Morgan fingerprint density at radius 1 is 0.850 bits per heavy atom. The Bertz CT molecular complexity index is 563. The first kappa shape index (κ1) is 17.1. The van der Waals surface area contributed by atoms with E-state index in [4.69, 9.17) is 5.11 Å². The number of aliphatic hydroxyl groups is 1. The molecule has 0 aliphatic rings. The van der Waals surface area contributed by atoms with Crippen molar-refractivity contribution in [2.24, 2.45) is 0 Å². The van der Waals surface area contributed by atoms with Crippen LogP contribution in [-0.4, -0.2) is 26.7 Å². The first-order valence-corrected chi connectivity index (χ1v) is 8.39. The lowest BCUT2D eigenvalue weighted by Gasteiger charge is -2.19. The Morgan fingerprint density at radius 2 is 1.30 bits per heavy atom. The molecule has 20 heavy (non-hydrogen) atoms. The summed E-state index contributed by atoms with van der Waals surface area (Å²) in [4.78, 5) is 0.405. The van der Waals surface area contributed by atoms with Gasteiger partial charge in [-0.05, 0) is 75.3 Å². The van der Waals surface area contributed by atoms with Crippen LogP contribution < -0.4 is 4.72 Å². The van der Waals surface area contributed by atoms with Crippen molar-refractivity contribution in [3.8, 4) is 0 Å². The van der Waals surface area contributed by atoms with Gasteiger partial charge in [-0.25, -0.2) is 13.1 Å². The maximum atomic E-state index is 12.5. The lowest BCUT2D eigenvalue weighted by Crippen LogP contribution is -2.27. The van der Waals surface area contributed by atoms with E-state index in [0.717, 1.165) is 27.8 Å². The predicted molar refractivity (Wildman–Crippen MR) is 81.6 cm³/mol. The van der Waals surface area contributed by atoms with Gasteiger partial charge in [-0.3, -0.25) is 0 Å². The van der Waals surface area contributed by atoms with Gasteiger partial charge in [0, 0.05) is 13.2 Å². The van der Waals surface area contributed by atoms with Crippen LogP contribution in [0.5, 0.6) is 0 Å². The lowest BCUT2D eigenvalue weighted by molar-refractivity contribution is 0.285. The molecule has 5 heteroatoms. The van der Waals surface area contributed by atoms with Crippen LogP contribution in [0.25, 0.3) is 0 Å². The Labute approximate surface area is 122 Å². The monoisotopic (exact) mass is 299 g/mol. The van der Waals surface area contributed by atoms with E-state index >= 15 is 0 Å². The third-order valence-corrected chi connectivity index (χ3v) is 5.81. The summed E-state index contributed by atoms with van der Waals surface area (Å²) in [6.45, 7) is 10.1. The quantitative estimate of drug-likeness (QED) is 0.792. The number of sulfonamides is 1. The van der Waals surface area contributed by atoms with Gasteiger partial charge in [-0.2, -0.15) is 0 Å².